The average Bonchev–Trinajstić information content (AvgIpc) is 3.55. The molecule has 0 amide bonds. The fraction of sp³-hybridized carbons (Fsp3) is 0.158. The van der Waals surface area contributed by atoms with Crippen molar-refractivity contribution in [3.63, 3.8) is 0 Å². The van der Waals surface area contributed by atoms with Crippen LogP contribution in [0.5, 0.6) is 11.5 Å². The Kier molecular flexibility index (Phi) is 8.23. The molecule has 7 aromatic rings. The zero-order chi connectivity index (χ0) is 29.5. The summed E-state index contributed by atoms with van der Waals surface area (Å²) >= 11 is 0. The normalized spacial score (nSPS) is 11.9. The third-order valence-corrected chi connectivity index (χ3v) is 8.13. The van der Waals surface area contributed by atoms with Crippen molar-refractivity contribution in [3.05, 3.63) is 132 Å². The molecule has 0 bridgehead atoms. The van der Waals surface area contributed by atoms with Crippen molar-refractivity contribution in [1.29, 1.82) is 0 Å². The summed E-state index contributed by atoms with van der Waals surface area (Å²) in [5.41, 5.74) is 8.54. The number of pyridine rings is 1. The van der Waals surface area contributed by atoms with Gasteiger partial charge in [0.2, 0.25) is 0 Å². The van der Waals surface area contributed by atoms with Gasteiger partial charge in [-0.2, -0.15) is 17.2 Å². The number of fused-ring (bicyclic) bond motifs is 3. The Labute approximate surface area is 271 Å². The van der Waals surface area contributed by atoms with Crippen molar-refractivity contribution in [2.45, 2.75) is 40.0 Å². The van der Waals surface area contributed by atoms with E-state index >= 15 is 0 Å². The van der Waals surface area contributed by atoms with Crippen LogP contribution in [0.15, 0.2) is 103 Å². The van der Waals surface area contributed by atoms with E-state index in [1.54, 1.807) is 0 Å². The molecule has 1 unspecified atom stereocenters. The Bertz CT molecular complexity index is 2090. The molecule has 7 rings (SSSR count). The molecule has 6 heteroatoms. The Morgan fingerprint density at radius 1 is 0.818 bits per heavy atom. The van der Waals surface area contributed by atoms with Crippen molar-refractivity contribution in [1.82, 2.24) is 19.3 Å². The summed E-state index contributed by atoms with van der Waals surface area (Å²) in [5, 5.41) is 7.25. The first-order valence-electron chi connectivity index (χ1n) is 14.8. The maximum atomic E-state index is 6.42. The molecule has 0 saturated heterocycles. The summed E-state index contributed by atoms with van der Waals surface area (Å²) in [6.45, 7) is 8.63. The van der Waals surface area contributed by atoms with Crippen molar-refractivity contribution >= 4 is 21.8 Å². The Balaban J connectivity index is 0.00000343. The fourth-order valence-corrected chi connectivity index (χ4v) is 5.89. The molecule has 0 N–H and O–H groups in total. The Morgan fingerprint density at radius 2 is 1.59 bits per heavy atom. The number of aromatic nitrogens is 4. The molecule has 3 heterocycles. The molecule has 5 nitrogen and oxygen atoms in total. The number of benzene rings is 4. The minimum Gasteiger partial charge on any atom is -0.509 e. The monoisotopic (exact) mass is 666 g/mol. The van der Waals surface area contributed by atoms with E-state index in [1.165, 1.54) is 16.8 Å². The predicted octanol–water partition coefficient (Wildman–Crippen LogP) is 9.55. The van der Waals surface area contributed by atoms with Crippen LogP contribution in [0.2, 0.25) is 0 Å². The van der Waals surface area contributed by atoms with Crippen LogP contribution in [0.4, 0.5) is 0 Å². The summed E-state index contributed by atoms with van der Waals surface area (Å²) in [4.78, 5) is 4.69. The number of para-hydroxylation sites is 1. The molecule has 0 spiro atoms. The number of hydrogen-bond donors (Lipinski definition) is 0. The molecule has 0 aliphatic heterocycles. The van der Waals surface area contributed by atoms with E-state index in [2.05, 4.69) is 110 Å². The van der Waals surface area contributed by atoms with Gasteiger partial charge in [0.15, 0.2) is 0 Å². The van der Waals surface area contributed by atoms with E-state index in [9.17, 15) is 0 Å². The zero-order valence-corrected chi connectivity index (χ0v) is 26.7. The second kappa shape index (κ2) is 12.2. The van der Waals surface area contributed by atoms with Crippen LogP contribution in [0.25, 0.3) is 44.4 Å². The molecule has 0 fully saturated rings. The van der Waals surface area contributed by atoms with E-state index in [0.717, 1.165) is 51.0 Å². The van der Waals surface area contributed by atoms with E-state index in [1.807, 2.05) is 47.3 Å². The van der Waals surface area contributed by atoms with Crippen LogP contribution < -0.4 is 4.74 Å². The quantitative estimate of drug-likeness (QED) is 0.126. The van der Waals surface area contributed by atoms with Gasteiger partial charge in [0.05, 0.1) is 11.4 Å². The number of rotatable bonds is 7. The molecule has 0 aliphatic carbocycles. The molecular weight excluding hydrogens is 635 g/mol. The molecule has 1 atom stereocenters. The first-order chi connectivity index (χ1) is 21.0. The van der Waals surface area contributed by atoms with Gasteiger partial charge in [0, 0.05) is 28.8 Å². The first-order valence-corrected chi connectivity index (χ1v) is 14.8. The van der Waals surface area contributed by atoms with Gasteiger partial charge in [-0.05, 0) is 66.6 Å². The molecule has 0 aliphatic rings. The van der Waals surface area contributed by atoms with Crippen molar-refractivity contribution < 1.29 is 25.2 Å². The molecule has 0 saturated carbocycles. The maximum Gasteiger partial charge on any atom is 2.00 e. The van der Waals surface area contributed by atoms with Crippen LogP contribution in [0.3, 0.4) is 0 Å². The van der Waals surface area contributed by atoms with E-state index < -0.39 is 0 Å². The SMILES string of the molecule is CCC(C)c1c(-c2ccccc2)c(C)nn1-c1[c-]c(Oc2[c-]c3c(cc2)c2ccccc2n3-c2cc(C)ccn2)ccc1.[Pd+2]. The van der Waals surface area contributed by atoms with Gasteiger partial charge < -0.3 is 9.30 Å². The number of ether oxygens (including phenoxy) is 1. The van der Waals surface area contributed by atoms with Crippen molar-refractivity contribution in [3.8, 4) is 34.1 Å². The number of hydrogen-bond acceptors (Lipinski definition) is 3. The summed E-state index contributed by atoms with van der Waals surface area (Å²) in [7, 11) is 0. The Hall–Kier alpha value is -4.50. The second-order valence-corrected chi connectivity index (χ2v) is 11.1. The topological polar surface area (TPSA) is 44.9 Å². The average molecular weight is 667 g/mol. The number of aryl methyl sites for hydroxylation is 2. The predicted molar refractivity (Wildman–Crippen MR) is 174 cm³/mol. The van der Waals surface area contributed by atoms with Crippen LogP contribution in [-0.2, 0) is 20.4 Å². The number of nitrogens with zero attached hydrogens (tertiary/aromatic N) is 4. The largest absolute Gasteiger partial charge is 2.00 e. The molecular formula is C38H32N4OPd. The van der Waals surface area contributed by atoms with E-state index in [0.29, 0.717) is 17.4 Å². The summed E-state index contributed by atoms with van der Waals surface area (Å²) in [5.74, 6) is 2.38. The minimum absolute atomic E-state index is 0. The zero-order valence-electron chi connectivity index (χ0n) is 25.1. The smallest absolute Gasteiger partial charge is 0.509 e. The fourth-order valence-electron chi connectivity index (χ4n) is 5.89. The summed E-state index contributed by atoms with van der Waals surface area (Å²) < 4.78 is 10.6. The van der Waals surface area contributed by atoms with Gasteiger partial charge in [0.1, 0.15) is 5.82 Å². The molecule has 3 aromatic heterocycles. The van der Waals surface area contributed by atoms with Crippen molar-refractivity contribution in [2.24, 2.45) is 0 Å². The van der Waals surface area contributed by atoms with Gasteiger partial charge in [-0.1, -0.05) is 67.9 Å². The summed E-state index contributed by atoms with van der Waals surface area (Å²) in [6.07, 6.45) is 2.85. The maximum absolute atomic E-state index is 6.42. The molecule has 220 valence electrons. The second-order valence-electron chi connectivity index (χ2n) is 11.1. The molecule has 44 heavy (non-hydrogen) atoms. The van der Waals surface area contributed by atoms with Gasteiger partial charge in [0.25, 0.3) is 0 Å². The van der Waals surface area contributed by atoms with Crippen LogP contribution in [0, 0.1) is 26.0 Å². The van der Waals surface area contributed by atoms with Gasteiger partial charge in [-0.15, -0.1) is 35.7 Å². The third-order valence-electron chi connectivity index (χ3n) is 8.13. The van der Waals surface area contributed by atoms with Gasteiger partial charge in [-0.3, -0.25) is 4.68 Å². The van der Waals surface area contributed by atoms with E-state index in [-0.39, 0.29) is 20.4 Å². The van der Waals surface area contributed by atoms with Crippen LogP contribution in [-0.4, -0.2) is 19.3 Å². The summed E-state index contributed by atoms with van der Waals surface area (Å²) in [6, 6.07) is 40.1. The van der Waals surface area contributed by atoms with Gasteiger partial charge >= 0.3 is 20.4 Å². The third kappa shape index (κ3) is 5.26. The minimum atomic E-state index is 0. The molecule has 0 radical (unpaired) electrons. The molecule has 4 aromatic carbocycles. The van der Waals surface area contributed by atoms with Crippen LogP contribution in [0.1, 0.15) is 43.1 Å². The van der Waals surface area contributed by atoms with Crippen LogP contribution >= 0.6 is 0 Å². The Morgan fingerprint density at radius 3 is 2.39 bits per heavy atom. The van der Waals surface area contributed by atoms with Crippen molar-refractivity contribution in [2.75, 3.05) is 0 Å². The first kappa shape index (κ1) is 29.6. The van der Waals surface area contributed by atoms with E-state index in [4.69, 9.17) is 9.84 Å². The standard InChI is InChI=1S/C38H32N4O.Pd/c1-5-26(3)38-37(28-12-7-6-8-13-28)27(4)40-42(38)29-14-11-15-30(23-29)43-31-18-19-33-32-16-9-10-17-34(32)41(35(33)24-31)36-22-25(2)20-21-39-36;/h6-22,26H,5H2,1-4H3;/q-2;+2. The van der Waals surface area contributed by atoms with Gasteiger partial charge in [-0.25, -0.2) is 4.98 Å².